The standard InChI is InChI=1S/C24H28N2O3/c1-29-21-11-9-19(10-12-21)18-5-3-17(4-6-18)15-24(23(25)28)13-2-14-26(16-24)22(27)20-7-8-20/h3-6,9-12,20H,2,7-8,13-16H2,1H3,(H2,25,28)/t24-/m0/s1. The minimum atomic E-state index is -0.676. The molecule has 0 unspecified atom stereocenters. The van der Waals surface area contributed by atoms with Gasteiger partial charge in [-0.25, -0.2) is 0 Å². The Morgan fingerprint density at radius 2 is 1.69 bits per heavy atom. The molecule has 2 fully saturated rings. The fourth-order valence-electron chi connectivity index (χ4n) is 4.33. The van der Waals surface area contributed by atoms with Gasteiger partial charge in [-0.05, 0) is 60.9 Å². The van der Waals surface area contributed by atoms with Crippen LogP contribution in [0.2, 0.25) is 0 Å². The smallest absolute Gasteiger partial charge is 0.225 e. The van der Waals surface area contributed by atoms with Crippen molar-refractivity contribution in [3.63, 3.8) is 0 Å². The van der Waals surface area contributed by atoms with E-state index in [4.69, 9.17) is 10.5 Å². The summed E-state index contributed by atoms with van der Waals surface area (Å²) in [4.78, 5) is 26.9. The second kappa shape index (κ2) is 7.90. The lowest BCUT2D eigenvalue weighted by Crippen LogP contribution is -2.53. The SMILES string of the molecule is COc1ccc(-c2ccc(C[C@@]3(C(N)=O)CCCN(C(=O)C4CC4)C3)cc2)cc1. The summed E-state index contributed by atoms with van der Waals surface area (Å²) in [6.07, 6.45) is 4.08. The Morgan fingerprint density at radius 1 is 1.07 bits per heavy atom. The topological polar surface area (TPSA) is 72.6 Å². The van der Waals surface area contributed by atoms with Gasteiger partial charge in [0.15, 0.2) is 0 Å². The summed E-state index contributed by atoms with van der Waals surface area (Å²) in [5.41, 5.74) is 8.48. The molecule has 1 aliphatic heterocycles. The van der Waals surface area contributed by atoms with E-state index >= 15 is 0 Å². The summed E-state index contributed by atoms with van der Waals surface area (Å²) >= 11 is 0. The number of likely N-dealkylation sites (tertiary alicyclic amines) is 1. The molecule has 0 spiro atoms. The van der Waals surface area contributed by atoms with Crippen LogP contribution in [0.25, 0.3) is 11.1 Å². The van der Waals surface area contributed by atoms with Crippen LogP contribution in [0.15, 0.2) is 48.5 Å². The fraction of sp³-hybridized carbons (Fsp3) is 0.417. The van der Waals surface area contributed by atoms with Crippen molar-refractivity contribution in [3.05, 3.63) is 54.1 Å². The van der Waals surface area contributed by atoms with E-state index in [1.807, 2.05) is 29.2 Å². The normalized spacial score (nSPS) is 21.6. The molecule has 0 radical (unpaired) electrons. The van der Waals surface area contributed by atoms with Crippen LogP contribution in [0.1, 0.15) is 31.2 Å². The number of hydrogen-bond donors (Lipinski definition) is 1. The van der Waals surface area contributed by atoms with Gasteiger partial charge in [0.2, 0.25) is 11.8 Å². The van der Waals surface area contributed by atoms with E-state index in [1.54, 1.807) is 7.11 Å². The molecule has 2 aliphatic rings. The predicted molar refractivity (Wildman–Crippen MR) is 112 cm³/mol. The van der Waals surface area contributed by atoms with Gasteiger partial charge in [-0.2, -0.15) is 0 Å². The fourth-order valence-corrected chi connectivity index (χ4v) is 4.33. The molecule has 0 aromatic heterocycles. The summed E-state index contributed by atoms with van der Waals surface area (Å²) in [7, 11) is 1.66. The number of hydrogen-bond acceptors (Lipinski definition) is 3. The van der Waals surface area contributed by atoms with E-state index in [1.165, 1.54) is 0 Å². The number of primary amides is 1. The number of methoxy groups -OCH3 is 1. The molecule has 2 N–H and O–H groups in total. The molecule has 2 amide bonds. The first-order valence-corrected chi connectivity index (χ1v) is 10.3. The van der Waals surface area contributed by atoms with Gasteiger partial charge in [0.05, 0.1) is 12.5 Å². The van der Waals surface area contributed by atoms with Crippen LogP contribution in [0.4, 0.5) is 0 Å². The summed E-state index contributed by atoms with van der Waals surface area (Å²) in [5, 5.41) is 0. The molecule has 29 heavy (non-hydrogen) atoms. The number of nitrogens with two attached hydrogens (primary N) is 1. The summed E-state index contributed by atoms with van der Waals surface area (Å²) in [6, 6.07) is 16.2. The van der Waals surface area contributed by atoms with E-state index in [0.717, 1.165) is 54.7 Å². The molecule has 2 aromatic carbocycles. The Morgan fingerprint density at radius 3 is 2.24 bits per heavy atom. The second-order valence-electron chi connectivity index (χ2n) is 8.38. The van der Waals surface area contributed by atoms with Crippen LogP contribution in [0, 0.1) is 11.3 Å². The van der Waals surface area contributed by atoms with Crippen LogP contribution in [-0.2, 0) is 16.0 Å². The van der Waals surface area contributed by atoms with Gasteiger partial charge < -0.3 is 15.4 Å². The monoisotopic (exact) mass is 392 g/mol. The number of carbonyl (C=O) groups excluding carboxylic acids is 2. The Hall–Kier alpha value is -2.82. The predicted octanol–water partition coefficient (Wildman–Crippen LogP) is 3.41. The quantitative estimate of drug-likeness (QED) is 0.819. The number of ether oxygens (including phenoxy) is 1. The van der Waals surface area contributed by atoms with Gasteiger partial charge in [-0.15, -0.1) is 0 Å². The third-order valence-corrected chi connectivity index (χ3v) is 6.26. The highest BCUT2D eigenvalue weighted by Crippen LogP contribution is 2.38. The highest BCUT2D eigenvalue weighted by atomic mass is 16.5. The third kappa shape index (κ3) is 4.14. The molecule has 5 heteroatoms. The van der Waals surface area contributed by atoms with Crippen molar-refractivity contribution in [2.24, 2.45) is 17.1 Å². The van der Waals surface area contributed by atoms with Crippen LogP contribution in [0.5, 0.6) is 5.75 Å². The van der Waals surface area contributed by atoms with E-state index in [9.17, 15) is 9.59 Å². The zero-order valence-electron chi connectivity index (χ0n) is 16.9. The highest BCUT2D eigenvalue weighted by Gasteiger charge is 2.44. The minimum absolute atomic E-state index is 0.169. The first kappa shape index (κ1) is 19.5. The lowest BCUT2D eigenvalue weighted by Gasteiger charge is -2.41. The van der Waals surface area contributed by atoms with Crippen molar-refractivity contribution < 1.29 is 14.3 Å². The number of nitrogens with zero attached hydrogens (tertiary/aromatic N) is 1. The summed E-state index contributed by atoms with van der Waals surface area (Å²) in [6.45, 7) is 1.18. The maximum Gasteiger partial charge on any atom is 0.225 e. The number of carbonyl (C=O) groups is 2. The van der Waals surface area contributed by atoms with Gasteiger partial charge >= 0.3 is 0 Å². The Labute approximate surface area is 171 Å². The Bertz CT molecular complexity index is 887. The first-order valence-electron chi connectivity index (χ1n) is 10.3. The number of benzene rings is 2. The second-order valence-corrected chi connectivity index (χ2v) is 8.38. The van der Waals surface area contributed by atoms with Crippen molar-refractivity contribution in [1.82, 2.24) is 4.90 Å². The van der Waals surface area contributed by atoms with Gasteiger partial charge in [0.1, 0.15) is 5.75 Å². The molecular formula is C24H28N2O3. The molecule has 152 valence electrons. The van der Waals surface area contributed by atoms with Crippen LogP contribution < -0.4 is 10.5 Å². The van der Waals surface area contributed by atoms with E-state index in [2.05, 4.69) is 24.3 Å². The van der Waals surface area contributed by atoms with Crippen molar-refractivity contribution in [2.45, 2.75) is 32.1 Å². The zero-order chi connectivity index (χ0) is 20.4. The summed E-state index contributed by atoms with van der Waals surface area (Å²) in [5.74, 6) is 0.897. The minimum Gasteiger partial charge on any atom is -0.497 e. The van der Waals surface area contributed by atoms with Crippen molar-refractivity contribution in [2.75, 3.05) is 20.2 Å². The maximum absolute atomic E-state index is 12.5. The Kier molecular flexibility index (Phi) is 5.31. The van der Waals surface area contributed by atoms with Crippen LogP contribution in [-0.4, -0.2) is 36.9 Å². The molecule has 1 heterocycles. The molecular weight excluding hydrogens is 364 g/mol. The molecule has 1 saturated heterocycles. The molecule has 4 rings (SSSR count). The Balaban J connectivity index is 1.50. The first-order chi connectivity index (χ1) is 14.0. The molecule has 2 aromatic rings. The zero-order valence-corrected chi connectivity index (χ0v) is 16.9. The van der Waals surface area contributed by atoms with E-state index in [-0.39, 0.29) is 17.7 Å². The molecule has 1 aliphatic carbocycles. The van der Waals surface area contributed by atoms with Gasteiger partial charge in [0, 0.05) is 19.0 Å². The highest BCUT2D eigenvalue weighted by molar-refractivity contribution is 5.85. The number of rotatable bonds is 6. The lowest BCUT2D eigenvalue weighted by molar-refractivity contribution is -0.140. The largest absolute Gasteiger partial charge is 0.497 e. The average Bonchev–Trinajstić information content (AvgIpc) is 3.59. The van der Waals surface area contributed by atoms with E-state index in [0.29, 0.717) is 13.0 Å². The van der Waals surface area contributed by atoms with Gasteiger partial charge in [-0.3, -0.25) is 9.59 Å². The summed E-state index contributed by atoms with van der Waals surface area (Å²) < 4.78 is 5.21. The number of piperidine rings is 1. The van der Waals surface area contributed by atoms with Gasteiger partial charge in [0.25, 0.3) is 0 Å². The van der Waals surface area contributed by atoms with Gasteiger partial charge in [-0.1, -0.05) is 36.4 Å². The molecule has 1 saturated carbocycles. The van der Waals surface area contributed by atoms with Crippen molar-refractivity contribution in [3.8, 4) is 16.9 Å². The van der Waals surface area contributed by atoms with Crippen molar-refractivity contribution in [1.29, 1.82) is 0 Å². The third-order valence-electron chi connectivity index (χ3n) is 6.26. The number of amides is 2. The lowest BCUT2D eigenvalue weighted by atomic mass is 9.74. The van der Waals surface area contributed by atoms with Crippen LogP contribution >= 0.6 is 0 Å². The maximum atomic E-state index is 12.5. The molecule has 1 atom stereocenters. The van der Waals surface area contributed by atoms with Crippen LogP contribution in [0.3, 0.4) is 0 Å². The molecule has 0 bridgehead atoms. The molecule has 5 nitrogen and oxygen atoms in total. The average molecular weight is 392 g/mol. The van der Waals surface area contributed by atoms with Crippen molar-refractivity contribution >= 4 is 11.8 Å². The van der Waals surface area contributed by atoms with E-state index < -0.39 is 5.41 Å².